The number of sulfonamides is 1. The van der Waals surface area contributed by atoms with Crippen molar-refractivity contribution in [2.75, 3.05) is 27.3 Å². The maximum Gasteiger partial charge on any atom is 0.305 e. The number of thiazole rings is 1. The van der Waals surface area contributed by atoms with Crippen molar-refractivity contribution in [3.8, 4) is 5.75 Å². The lowest BCUT2D eigenvalue weighted by Gasteiger charge is -2.12. The van der Waals surface area contributed by atoms with E-state index in [1.54, 1.807) is 23.5 Å². The average Bonchev–Trinajstić information content (AvgIpc) is 3.14. The van der Waals surface area contributed by atoms with Crippen molar-refractivity contribution >= 4 is 37.5 Å². The Morgan fingerprint density at radius 2 is 1.80 bits per heavy atom. The zero-order chi connectivity index (χ0) is 21.6. The van der Waals surface area contributed by atoms with Gasteiger partial charge in [0.1, 0.15) is 19.0 Å². The molecule has 3 aromatic rings. The summed E-state index contributed by atoms with van der Waals surface area (Å²) < 4.78 is 37.0. The minimum absolute atomic E-state index is 0.137. The van der Waals surface area contributed by atoms with E-state index in [-0.39, 0.29) is 24.1 Å². The van der Waals surface area contributed by atoms with Gasteiger partial charge in [0.2, 0.25) is 10.0 Å². The molecule has 0 aliphatic carbocycles. The fraction of sp³-hybridized carbons (Fsp3) is 0.333. The molecule has 1 heterocycles. The van der Waals surface area contributed by atoms with Crippen molar-refractivity contribution < 1.29 is 22.7 Å². The zero-order valence-corrected chi connectivity index (χ0v) is 18.5. The van der Waals surface area contributed by atoms with E-state index in [2.05, 4.69) is 4.98 Å². The van der Waals surface area contributed by atoms with Crippen LogP contribution in [0.4, 0.5) is 0 Å². The zero-order valence-electron chi connectivity index (χ0n) is 16.9. The summed E-state index contributed by atoms with van der Waals surface area (Å²) >= 11 is 1.65. The molecule has 0 fully saturated rings. The van der Waals surface area contributed by atoms with Gasteiger partial charge in [-0.3, -0.25) is 4.79 Å². The van der Waals surface area contributed by atoms with E-state index in [1.165, 1.54) is 26.2 Å². The van der Waals surface area contributed by atoms with Crippen molar-refractivity contribution in [3.05, 3.63) is 53.5 Å². The molecule has 160 valence electrons. The number of hydrogen-bond acceptors (Lipinski definition) is 7. The molecule has 0 amide bonds. The third-order valence-electron chi connectivity index (χ3n) is 4.33. The van der Waals surface area contributed by atoms with Crippen LogP contribution in [0.2, 0.25) is 0 Å². The highest BCUT2D eigenvalue weighted by molar-refractivity contribution is 7.89. The van der Waals surface area contributed by atoms with Crippen LogP contribution < -0.4 is 4.74 Å². The number of aryl methyl sites for hydroxylation is 1. The van der Waals surface area contributed by atoms with Gasteiger partial charge in [-0.15, -0.1) is 11.3 Å². The van der Waals surface area contributed by atoms with Crippen LogP contribution in [0.15, 0.2) is 53.4 Å². The molecule has 0 saturated carbocycles. The van der Waals surface area contributed by atoms with Crippen LogP contribution in [-0.4, -0.2) is 51.0 Å². The van der Waals surface area contributed by atoms with Gasteiger partial charge in [0.05, 0.1) is 20.1 Å². The number of carbonyl (C=O) groups is 1. The Kier molecular flexibility index (Phi) is 7.41. The van der Waals surface area contributed by atoms with E-state index in [0.717, 1.165) is 26.0 Å². The Bertz CT molecular complexity index is 1060. The highest BCUT2D eigenvalue weighted by Crippen LogP contribution is 2.23. The summed E-state index contributed by atoms with van der Waals surface area (Å²) in [6, 6.07) is 14.1. The third-order valence-corrected chi connectivity index (χ3v) is 7.25. The number of carbonyl (C=O) groups excluding carboxylic acids is 1. The Morgan fingerprint density at radius 1 is 1.07 bits per heavy atom. The van der Waals surface area contributed by atoms with Gasteiger partial charge in [-0.05, 0) is 49.2 Å². The van der Waals surface area contributed by atoms with Gasteiger partial charge in [-0.1, -0.05) is 12.1 Å². The Hall–Kier alpha value is -2.49. The second-order valence-corrected chi connectivity index (χ2v) is 10.0. The lowest BCUT2D eigenvalue weighted by atomic mass is 10.2. The lowest BCUT2D eigenvalue weighted by Crippen LogP contribution is -2.22. The van der Waals surface area contributed by atoms with Crippen molar-refractivity contribution in [3.63, 3.8) is 0 Å². The third kappa shape index (κ3) is 5.78. The normalized spacial score (nSPS) is 11.7. The summed E-state index contributed by atoms with van der Waals surface area (Å²) in [5.41, 5.74) is 0.990. The molecular formula is C21H24N2O5S2. The highest BCUT2D eigenvalue weighted by atomic mass is 32.2. The smallest absolute Gasteiger partial charge is 0.305 e. The first-order valence-electron chi connectivity index (χ1n) is 9.52. The molecule has 30 heavy (non-hydrogen) atoms. The molecular weight excluding hydrogens is 424 g/mol. The first-order chi connectivity index (χ1) is 14.4. The number of rotatable bonds is 10. The fourth-order valence-corrected chi connectivity index (χ4v) is 4.63. The van der Waals surface area contributed by atoms with Crippen LogP contribution in [0.25, 0.3) is 10.2 Å². The van der Waals surface area contributed by atoms with Crippen molar-refractivity contribution in [2.24, 2.45) is 0 Å². The molecule has 2 aromatic carbocycles. The number of aromatic nitrogens is 1. The Labute approximate surface area is 180 Å². The van der Waals surface area contributed by atoms with Crippen LogP contribution in [0.3, 0.4) is 0 Å². The van der Waals surface area contributed by atoms with E-state index in [9.17, 15) is 13.2 Å². The molecule has 9 heteroatoms. The van der Waals surface area contributed by atoms with Gasteiger partial charge in [-0.2, -0.15) is 0 Å². The van der Waals surface area contributed by atoms with Gasteiger partial charge in [0, 0.05) is 20.5 Å². The summed E-state index contributed by atoms with van der Waals surface area (Å²) in [6.45, 7) is 0.334. The maximum atomic E-state index is 12.0. The molecule has 1 aromatic heterocycles. The van der Waals surface area contributed by atoms with Crippen LogP contribution in [0.5, 0.6) is 5.75 Å². The van der Waals surface area contributed by atoms with E-state index in [1.807, 2.05) is 24.3 Å². The van der Waals surface area contributed by atoms with Crippen LogP contribution in [-0.2, 0) is 26.0 Å². The largest absolute Gasteiger partial charge is 0.490 e. The number of benzene rings is 2. The molecule has 0 spiro atoms. The molecule has 0 aliphatic heterocycles. The van der Waals surface area contributed by atoms with Gasteiger partial charge >= 0.3 is 5.97 Å². The lowest BCUT2D eigenvalue weighted by molar-refractivity contribution is -0.144. The maximum absolute atomic E-state index is 12.0. The molecule has 0 N–H and O–H groups in total. The van der Waals surface area contributed by atoms with Gasteiger partial charge in [0.25, 0.3) is 0 Å². The van der Waals surface area contributed by atoms with Crippen molar-refractivity contribution in [2.45, 2.75) is 24.2 Å². The number of para-hydroxylation sites is 1. The first kappa shape index (κ1) is 22.2. The number of nitrogens with zero attached hydrogens (tertiary/aromatic N) is 2. The molecule has 0 atom stereocenters. The van der Waals surface area contributed by atoms with E-state index < -0.39 is 10.0 Å². The molecule has 3 rings (SSSR count). The molecule has 7 nitrogen and oxygen atoms in total. The van der Waals surface area contributed by atoms with Gasteiger partial charge < -0.3 is 9.47 Å². The average molecular weight is 449 g/mol. The standard InChI is InChI=1S/C21H24N2O5S2/c1-23(2)30(25,26)17-12-10-16(11-13-17)27-14-15-28-21(24)9-5-8-20-22-18-6-3-4-7-19(18)29-20/h3-4,6-7,10-13H,5,8-9,14-15H2,1-2H3. The summed E-state index contributed by atoms with van der Waals surface area (Å²) in [6.07, 6.45) is 1.75. The predicted molar refractivity (Wildman–Crippen MR) is 116 cm³/mol. The molecule has 0 aliphatic rings. The minimum Gasteiger partial charge on any atom is -0.490 e. The summed E-state index contributed by atoms with van der Waals surface area (Å²) in [4.78, 5) is 16.6. The van der Waals surface area contributed by atoms with Gasteiger partial charge in [-0.25, -0.2) is 17.7 Å². The summed E-state index contributed by atoms with van der Waals surface area (Å²) in [5.74, 6) is 0.242. The molecule has 0 unspecified atom stereocenters. The van der Waals surface area contributed by atoms with Crippen molar-refractivity contribution in [1.29, 1.82) is 0 Å². The second kappa shape index (κ2) is 10.0. The Balaban J connectivity index is 1.34. The molecule has 0 saturated heterocycles. The fourth-order valence-electron chi connectivity index (χ4n) is 2.72. The number of esters is 1. The monoisotopic (exact) mass is 448 g/mol. The minimum atomic E-state index is -3.46. The summed E-state index contributed by atoms with van der Waals surface area (Å²) in [7, 11) is -0.504. The number of fused-ring (bicyclic) bond motifs is 1. The SMILES string of the molecule is CN(C)S(=O)(=O)c1ccc(OCCOC(=O)CCCc2nc3ccccc3s2)cc1. The number of hydrogen-bond donors (Lipinski definition) is 0. The quantitative estimate of drug-likeness (QED) is 0.349. The summed E-state index contributed by atoms with van der Waals surface area (Å²) in [5, 5.41) is 1.02. The van der Waals surface area contributed by atoms with E-state index in [4.69, 9.17) is 9.47 Å². The van der Waals surface area contributed by atoms with E-state index in [0.29, 0.717) is 18.6 Å². The van der Waals surface area contributed by atoms with Crippen LogP contribution in [0.1, 0.15) is 17.8 Å². The van der Waals surface area contributed by atoms with Crippen LogP contribution >= 0.6 is 11.3 Å². The predicted octanol–water partition coefficient (Wildman–Crippen LogP) is 3.49. The number of ether oxygens (including phenoxy) is 2. The highest BCUT2D eigenvalue weighted by Gasteiger charge is 2.16. The molecule has 0 radical (unpaired) electrons. The first-order valence-corrected chi connectivity index (χ1v) is 11.8. The van der Waals surface area contributed by atoms with Crippen molar-refractivity contribution in [1.82, 2.24) is 9.29 Å². The molecule has 0 bridgehead atoms. The topological polar surface area (TPSA) is 85.8 Å². The second-order valence-electron chi connectivity index (χ2n) is 6.76. The van der Waals surface area contributed by atoms with Crippen LogP contribution in [0, 0.1) is 0 Å². The Morgan fingerprint density at radius 3 is 2.50 bits per heavy atom. The van der Waals surface area contributed by atoms with E-state index >= 15 is 0 Å². The van der Waals surface area contributed by atoms with Gasteiger partial charge in [0.15, 0.2) is 0 Å².